The quantitative estimate of drug-likeness (QED) is 0.806. The molecule has 0 N–H and O–H groups in total. The molecule has 1 aliphatic rings. The maximum atomic E-state index is 5.56. The summed E-state index contributed by atoms with van der Waals surface area (Å²) in [6, 6.07) is 12.8. The van der Waals surface area contributed by atoms with Gasteiger partial charge in [-0.25, -0.2) is 0 Å². The van der Waals surface area contributed by atoms with Gasteiger partial charge in [-0.1, -0.05) is 36.5 Å². The summed E-state index contributed by atoms with van der Waals surface area (Å²) in [5.41, 5.74) is 1.33. The average Bonchev–Trinajstić information content (AvgIpc) is 2.59. The number of fused-ring (bicyclic) bond motifs is 1. The minimum atomic E-state index is 0.790. The van der Waals surface area contributed by atoms with Crippen LogP contribution < -0.4 is 4.74 Å². The van der Waals surface area contributed by atoms with E-state index in [4.69, 9.17) is 21.7 Å². The molecule has 0 amide bonds. The third-order valence-electron chi connectivity index (χ3n) is 4.10. The zero-order valence-corrected chi connectivity index (χ0v) is 13.7. The molecule has 0 saturated carbocycles. The van der Waals surface area contributed by atoms with Gasteiger partial charge in [0.1, 0.15) is 5.75 Å². The van der Waals surface area contributed by atoms with E-state index in [1.165, 1.54) is 16.3 Å². The van der Waals surface area contributed by atoms with Crippen LogP contribution in [-0.2, 0) is 11.2 Å². The van der Waals surface area contributed by atoms with Gasteiger partial charge in [0.25, 0.3) is 0 Å². The van der Waals surface area contributed by atoms with Gasteiger partial charge in [-0.05, 0) is 34.9 Å². The van der Waals surface area contributed by atoms with Crippen molar-refractivity contribution in [1.82, 2.24) is 4.90 Å². The summed E-state index contributed by atoms with van der Waals surface area (Å²) in [5, 5.41) is 2.45. The fraction of sp³-hybridized carbons (Fsp3) is 0.389. The highest BCUT2D eigenvalue weighted by molar-refractivity contribution is 7.80. The lowest BCUT2D eigenvalue weighted by Crippen LogP contribution is -2.39. The van der Waals surface area contributed by atoms with Crippen molar-refractivity contribution in [1.29, 1.82) is 0 Å². The van der Waals surface area contributed by atoms with Crippen LogP contribution in [0.25, 0.3) is 10.8 Å². The Balaban J connectivity index is 1.65. The molecule has 3 nitrogen and oxygen atoms in total. The van der Waals surface area contributed by atoms with Crippen molar-refractivity contribution in [2.24, 2.45) is 0 Å². The monoisotopic (exact) mass is 315 g/mol. The fourth-order valence-corrected chi connectivity index (χ4v) is 3.06. The molecule has 1 fully saturated rings. The van der Waals surface area contributed by atoms with Gasteiger partial charge in [-0.3, -0.25) is 0 Å². The van der Waals surface area contributed by atoms with E-state index in [1.807, 2.05) is 6.07 Å². The number of rotatable bonds is 4. The lowest BCUT2D eigenvalue weighted by atomic mass is 10.0. The zero-order valence-electron chi connectivity index (χ0n) is 12.9. The van der Waals surface area contributed by atoms with Crippen LogP contribution in [0.3, 0.4) is 0 Å². The molecular weight excluding hydrogens is 294 g/mol. The molecule has 0 bridgehead atoms. The molecule has 0 aliphatic carbocycles. The second-order valence-corrected chi connectivity index (χ2v) is 6.01. The standard InChI is InChI=1S/C18H21NO2S/c1-20-17-6-5-15-12-14(2-4-16(15)13-17)3-7-18(22)19-8-10-21-11-9-19/h2,4-6,12-13H,3,7-11H2,1H3. The smallest absolute Gasteiger partial charge is 0.119 e. The van der Waals surface area contributed by atoms with Crippen LogP contribution in [0, 0.1) is 0 Å². The summed E-state index contributed by atoms with van der Waals surface area (Å²) < 4.78 is 10.6. The molecule has 0 spiro atoms. The van der Waals surface area contributed by atoms with Crippen LogP contribution in [0.1, 0.15) is 12.0 Å². The average molecular weight is 315 g/mol. The van der Waals surface area contributed by atoms with Crippen LogP contribution in [0.5, 0.6) is 5.75 Å². The first kappa shape index (κ1) is 15.3. The van der Waals surface area contributed by atoms with E-state index in [2.05, 4.69) is 35.2 Å². The lowest BCUT2D eigenvalue weighted by Gasteiger charge is -2.29. The van der Waals surface area contributed by atoms with Crippen molar-refractivity contribution in [2.75, 3.05) is 33.4 Å². The first-order valence-electron chi connectivity index (χ1n) is 7.68. The van der Waals surface area contributed by atoms with E-state index in [0.29, 0.717) is 0 Å². The molecule has 22 heavy (non-hydrogen) atoms. The predicted molar refractivity (Wildman–Crippen MR) is 93.8 cm³/mol. The van der Waals surface area contributed by atoms with E-state index < -0.39 is 0 Å². The topological polar surface area (TPSA) is 21.7 Å². The van der Waals surface area contributed by atoms with Gasteiger partial charge < -0.3 is 14.4 Å². The van der Waals surface area contributed by atoms with Crippen molar-refractivity contribution >= 4 is 28.0 Å². The molecule has 0 aromatic heterocycles. The molecule has 116 valence electrons. The molecule has 1 saturated heterocycles. The molecule has 0 radical (unpaired) electrons. The molecule has 1 aliphatic heterocycles. The Bertz CT molecular complexity index is 665. The van der Waals surface area contributed by atoms with Crippen molar-refractivity contribution in [3.63, 3.8) is 0 Å². The van der Waals surface area contributed by atoms with Crippen molar-refractivity contribution in [2.45, 2.75) is 12.8 Å². The third-order valence-corrected chi connectivity index (χ3v) is 4.57. The first-order chi connectivity index (χ1) is 10.8. The SMILES string of the molecule is COc1ccc2cc(CCC(=S)N3CCOCC3)ccc2c1. The van der Waals surface area contributed by atoms with Crippen molar-refractivity contribution in [3.05, 3.63) is 42.0 Å². The highest BCUT2D eigenvalue weighted by Crippen LogP contribution is 2.22. The Morgan fingerprint density at radius 2 is 1.86 bits per heavy atom. The Morgan fingerprint density at radius 1 is 1.14 bits per heavy atom. The van der Waals surface area contributed by atoms with Gasteiger partial charge in [-0.2, -0.15) is 0 Å². The van der Waals surface area contributed by atoms with Crippen LogP contribution >= 0.6 is 12.2 Å². The van der Waals surface area contributed by atoms with Crippen LogP contribution in [0.2, 0.25) is 0 Å². The molecule has 0 unspecified atom stereocenters. The third kappa shape index (κ3) is 3.57. The largest absolute Gasteiger partial charge is 0.497 e. The number of ether oxygens (including phenoxy) is 2. The Morgan fingerprint density at radius 3 is 2.64 bits per heavy atom. The highest BCUT2D eigenvalue weighted by atomic mass is 32.1. The van der Waals surface area contributed by atoms with Gasteiger partial charge in [-0.15, -0.1) is 0 Å². The Hall–Kier alpha value is -1.65. The lowest BCUT2D eigenvalue weighted by molar-refractivity contribution is 0.0683. The van der Waals surface area contributed by atoms with E-state index in [9.17, 15) is 0 Å². The number of aryl methyl sites for hydroxylation is 1. The van der Waals surface area contributed by atoms with Gasteiger partial charge >= 0.3 is 0 Å². The molecule has 2 aromatic carbocycles. The normalized spacial score (nSPS) is 15.0. The van der Waals surface area contributed by atoms with E-state index in [1.54, 1.807) is 7.11 Å². The fourth-order valence-electron chi connectivity index (χ4n) is 2.78. The summed E-state index contributed by atoms with van der Waals surface area (Å²) in [5.74, 6) is 0.897. The van der Waals surface area contributed by atoms with Gasteiger partial charge in [0.05, 0.1) is 25.3 Å². The molecule has 0 atom stereocenters. The van der Waals surface area contributed by atoms with Crippen LogP contribution in [0.15, 0.2) is 36.4 Å². The number of thiocarbonyl (C=S) groups is 1. The van der Waals surface area contributed by atoms with Crippen LogP contribution in [-0.4, -0.2) is 43.3 Å². The molecule has 3 rings (SSSR count). The van der Waals surface area contributed by atoms with Gasteiger partial charge in [0, 0.05) is 19.5 Å². The minimum absolute atomic E-state index is 0.790. The minimum Gasteiger partial charge on any atom is -0.497 e. The summed E-state index contributed by atoms with van der Waals surface area (Å²) in [6.45, 7) is 3.43. The maximum absolute atomic E-state index is 5.56. The number of morpholine rings is 1. The second-order valence-electron chi connectivity index (χ2n) is 5.54. The molecular formula is C18H21NO2S. The summed E-state index contributed by atoms with van der Waals surface area (Å²) in [7, 11) is 1.70. The van der Waals surface area contributed by atoms with Crippen molar-refractivity contribution in [3.8, 4) is 5.75 Å². The van der Waals surface area contributed by atoms with E-state index >= 15 is 0 Å². The summed E-state index contributed by atoms with van der Waals surface area (Å²) in [6.07, 6.45) is 1.91. The highest BCUT2D eigenvalue weighted by Gasteiger charge is 2.13. The number of benzene rings is 2. The summed E-state index contributed by atoms with van der Waals surface area (Å²) in [4.78, 5) is 3.32. The zero-order chi connectivity index (χ0) is 15.4. The second kappa shape index (κ2) is 7.07. The molecule has 2 aromatic rings. The maximum Gasteiger partial charge on any atom is 0.119 e. The van der Waals surface area contributed by atoms with Crippen LogP contribution in [0.4, 0.5) is 0 Å². The summed E-state index contributed by atoms with van der Waals surface area (Å²) >= 11 is 5.56. The number of hydrogen-bond acceptors (Lipinski definition) is 3. The molecule has 1 heterocycles. The van der Waals surface area contributed by atoms with E-state index in [-0.39, 0.29) is 0 Å². The van der Waals surface area contributed by atoms with E-state index in [0.717, 1.165) is 49.9 Å². The predicted octanol–water partition coefficient (Wildman–Crippen LogP) is 3.44. The number of nitrogens with zero attached hydrogens (tertiary/aromatic N) is 1. The first-order valence-corrected chi connectivity index (χ1v) is 8.09. The van der Waals surface area contributed by atoms with Crippen molar-refractivity contribution < 1.29 is 9.47 Å². The van der Waals surface area contributed by atoms with Gasteiger partial charge in [0.15, 0.2) is 0 Å². The number of methoxy groups -OCH3 is 1. The molecule has 4 heteroatoms. The van der Waals surface area contributed by atoms with Gasteiger partial charge in [0.2, 0.25) is 0 Å². The Labute approximate surface area is 136 Å². The number of hydrogen-bond donors (Lipinski definition) is 0. The Kier molecular flexibility index (Phi) is 4.90.